The molecule has 1 heterocycles. The van der Waals surface area contributed by atoms with Gasteiger partial charge in [0.2, 0.25) is 0 Å². The molecule has 0 unspecified atom stereocenters. The largest absolute Gasteiger partial charge is 0.324 e. The van der Waals surface area contributed by atoms with Gasteiger partial charge in [0.1, 0.15) is 6.07 Å². The van der Waals surface area contributed by atoms with Crippen LogP contribution in [0.4, 0.5) is 0 Å². The Labute approximate surface area is 137 Å². The van der Waals surface area contributed by atoms with Crippen molar-refractivity contribution in [1.82, 2.24) is 9.55 Å². The van der Waals surface area contributed by atoms with Crippen LogP contribution in [0, 0.1) is 11.3 Å². The maximum Gasteiger partial charge on any atom is 0.151 e. The average Bonchev–Trinajstić information content (AvgIpc) is 2.91. The molecule has 0 aliphatic carbocycles. The summed E-state index contributed by atoms with van der Waals surface area (Å²) in [6.45, 7) is 2.83. The van der Waals surface area contributed by atoms with Crippen LogP contribution in [0.2, 0.25) is 0 Å². The third-order valence-corrected chi connectivity index (χ3v) is 3.99. The summed E-state index contributed by atoms with van der Waals surface area (Å²) < 4.78 is 3.06. The summed E-state index contributed by atoms with van der Waals surface area (Å²) in [4.78, 5) is 4.63. The van der Waals surface area contributed by atoms with Gasteiger partial charge in [0, 0.05) is 11.0 Å². The van der Waals surface area contributed by atoms with Crippen LogP contribution in [0.15, 0.2) is 53.0 Å². The highest BCUT2D eigenvalue weighted by atomic mass is 79.9. The van der Waals surface area contributed by atoms with E-state index in [0.717, 1.165) is 27.6 Å². The third kappa shape index (κ3) is 2.68. The molecule has 0 aliphatic rings. The van der Waals surface area contributed by atoms with Gasteiger partial charge in [-0.25, -0.2) is 4.98 Å². The topological polar surface area (TPSA) is 41.6 Å². The van der Waals surface area contributed by atoms with Crippen LogP contribution in [0.25, 0.3) is 22.7 Å². The molecule has 4 heteroatoms. The second-order valence-electron chi connectivity index (χ2n) is 4.89. The van der Waals surface area contributed by atoms with Gasteiger partial charge in [0.15, 0.2) is 5.82 Å². The summed E-state index contributed by atoms with van der Waals surface area (Å²) in [7, 11) is 0. The first kappa shape index (κ1) is 14.6. The van der Waals surface area contributed by atoms with Crippen LogP contribution in [-0.4, -0.2) is 9.55 Å². The van der Waals surface area contributed by atoms with Gasteiger partial charge in [0.05, 0.1) is 16.6 Å². The number of halogens is 1. The Bertz CT molecular complexity index is 900. The van der Waals surface area contributed by atoms with E-state index in [-0.39, 0.29) is 0 Å². The van der Waals surface area contributed by atoms with Crippen LogP contribution in [0.3, 0.4) is 0 Å². The predicted molar refractivity (Wildman–Crippen MR) is 93.0 cm³/mol. The first-order chi connectivity index (χ1) is 10.7. The molecule has 0 N–H and O–H groups in total. The lowest BCUT2D eigenvalue weighted by Crippen LogP contribution is -2.00. The summed E-state index contributed by atoms with van der Waals surface area (Å²) in [5.74, 6) is 0.714. The maximum atomic E-state index is 9.57. The van der Waals surface area contributed by atoms with Gasteiger partial charge in [-0.3, -0.25) is 0 Å². The Balaban J connectivity index is 2.17. The Morgan fingerprint density at radius 1 is 1.27 bits per heavy atom. The fraction of sp³-hybridized carbons (Fsp3) is 0.111. The van der Waals surface area contributed by atoms with Crippen molar-refractivity contribution in [3.05, 3.63) is 64.4 Å². The second-order valence-corrected chi connectivity index (χ2v) is 5.81. The van der Waals surface area contributed by atoms with Crippen molar-refractivity contribution in [2.45, 2.75) is 13.5 Å². The molecule has 22 heavy (non-hydrogen) atoms. The number of allylic oxidation sites excluding steroid dienone is 1. The highest BCUT2D eigenvalue weighted by molar-refractivity contribution is 9.10. The number of imidazole rings is 1. The summed E-state index contributed by atoms with van der Waals surface area (Å²) >= 11 is 3.45. The molecule has 3 rings (SSSR count). The van der Waals surface area contributed by atoms with Crippen molar-refractivity contribution >= 4 is 38.6 Å². The quantitative estimate of drug-likeness (QED) is 0.630. The van der Waals surface area contributed by atoms with E-state index < -0.39 is 0 Å². The van der Waals surface area contributed by atoms with E-state index in [1.165, 1.54) is 0 Å². The number of hydrogen-bond acceptors (Lipinski definition) is 2. The number of rotatable bonds is 3. The standard InChI is InChI=1S/C18H14BrN3/c1-2-22-17-9-4-3-8-16(17)21-18(22)14(12-20)10-13-6-5-7-15(19)11-13/h3-11H,2H2,1H3/b14-10-. The highest BCUT2D eigenvalue weighted by Crippen LogP contribution is 2.24. The molecule has 0 aliphatic heterocycles. The molecular weight excluding hydrogens is 338 g/mol. The molecule has 0 amide bonds. The van der Waals surface area contributed by atoms with Gasteiger partial charge in [-0.1, -0.05) is 40.2 Å². The molecule has 3 nitrogen and oxygen atoms in total. The molecule has 0 bridgehead atoms. The van der Waals surface area contributed by atoms with Crippen LogP contribution in [0.1, 0.15) is 18.3 Å². The van der Waals surface area contributed by atoms with E-state index in [2.05, 4.69) is 38.5 Å². The Morgan fingerprint density at radius 3 is 2.82 bits per heavy atom. The first-order valence-electron chi connectivity index (χ1n) is 7.06. The van der Waals surface area contributed by atoms with Gasteiger partial charge >= 0.3 is 0 Å². The third-order valence-electron chi connectivity index (χ3n) is 3.49. The molecule has 0 fully saturated rings. The van der Waals surface area contributed by atoms with Crippen LogP contribution >= 0.6 is 15.9 Å². The molecule has 108 valence electrons. The van der Waals surface area contributed by atoms with Crippen molar-refractivity contribution in [1.29, 1.82) is 5.26 Å². The van der Waals surface area contributed by atoms with Crippen LogP contribution in [-0.2, 0) is 6.54 Å². The zero-order valence-electron chi connectivity index (χ0n) is 12.1. The SMILES string of the molecule is CCn1c(/C(C#N)=C\c2cccc(Br)c2)nc2ccccc21. The van der Waals surface area contributed by atoms with E-state index in [0.29, 0.717) is 11.4 Å². The lowest BCUT2D eigenvalue weighted by Gasteiger charge is -2.05. The number of nitrogens with zero attached hydrogens (tertiary/aromatic N) is 3. The fourth-order valence-electron chi connectivity index (χ4n) is 2.51. The summed E-state index contributed by atoms with van der Waals surface area (Å²) in [5.41, 5.74) is 3.50. The lowest BCUT2D eigenvalue weighted by molar-refractivity contribution is 0.775. The summed E-state index contributed by atoms with van der Waals surface area (Å²) in [6, 6.07) is 18.1. The van der Waals surface area contributed by atoms with Gasteiger partial charge in [-0.05, 0) is 42.8 Å². The van der Waals surface area contributed by atoms with Crippen molar-refractivity contribution < 1.29 is 0 Å². The van der Waals surface area contributed by atoms with Gasteiger partial charge in [0.25, 0.3) is 0 Å². The zero-order valence-corrected chi connectivity index (χ0v) is 13.7. The van der Waals surface area contributed by atoms with Gasteiger partial charge in [-0.15, -0.1) is 0 Å². The average molecular weight is 352 g/mol. The number of aromatic nitrogens is 2. The van der Waals surface area contributed by atoms with E-state index >= 15 is 0 Å². The molecule has 0 atom stereocenters. The molecule has 2 aromatic carbocycles. The summed E-state index contributed by atoms with van der Waals surface area (Å²) in [6.07, 6.45) is 1.87. The number of fused-ring (bicyclic) bond motifs is 1. The minimum atomic E-state index is 0.566. The first-order valence-corrected chi connectivity index (χ1v) is 7.85. The fourth-order valence-corrected chi connectivity index (χ4v) is 2.93. The van der Waals surface area contributed by atoms with Gasteiger partial charge in [-0.2, -0.15) is 5.26 Å². The van der Waals surface area contributed by atoms with Crippen LogP contribution < -0.4 is 0 Å². The van der Waals surface area contributed by atoms with Gasteiger partial charge < -0.3 is 4.57 Å². The van der Waals surface area contributed by atoms with Crippen molar-refractivity contribution in [3.63, 3.8) is 0 Å². The Kier molecular flexibility index (Phi) is 4.08. The predicted octanol–water partition coefficient (Wildman–Crippen LogP) is 4.88. The Morgan fingerprint density at radius 2 is 2.09 bits per heavy atom. The summed E-state index contributed by atoms with van der Waals surface area (Å²) in [5, 5.41) is 9.57. The number of nitriles is 1. The van der Waals surface area contributed by atoms with Crippen molar-refractivity contribution in [2.75, 3.05) is 0 Å². The highest BCUT2D eigenvalue weighted by Gasteiger charge is 2.13. The van der Waals surface area contributed by atoms with Crippen molar-refractivity contribution in [3.8, 4) is 6.07 Å². The van der Waals surface area contributed by atoms with E-state index in [4.69, 9.17) is 0 Å². The molecule has 0 radical (unpaired) electrons. The molecule has 1 aromatic heterocycles. The monoisotopic (exact) mass is 351 g/mol. The number of hydrogen-bond donors (Lipinski definition) is 0. The number of aryl methyl sites for hydroxylation is 1. The van der Waals surface area contributed by atoms with Crippen LogP contribution in [0.5, 0.6) is 0 Å². The molecule has 3 aromatic rings. The van der Waals surface area contributed by atoms with E-state index in [1.54, 1.807) is 0 Å². The smallest absolute Gasteiger partial charge is 0.151 e. The number of benzene rings is 2. The lowest BCUT2D eigenvalue weighted by atomic mass is 10.1. The number of para-hydroxylation sites is 2. The molecule has 0 saturated heterocycles. The zero-order chi connectivity index (χ0) is 15.5. The second kappa shape index (κ2) is 6.17. The molecule has 0 spiro atoms. The molecular formula is C18H14BrN3. The minimum Gasteiger partial charge on any atom is -0.324 e. The normalized spacial score (nSPS) is 11.6. The maximum absolute atomic E-state index is 9.57. The molecule has 0 saturated carbocycles. The van der Waals surface area contributed by atoms with Crippen molar-refractivity contribution in [2.24, 2.45) is 0 Å². The van der Waals surface area contributed by atoms with E-state index in [9.17, 15) is 5.26 Å². The minimum absolute atomic E-state index is 0.566. The Hall–Kier alpha value is -2.38. The van der Waals surface area contributed by atoms with E-state index in [1.807, 2.05) is 54.6 Å².